The largest absolute Gasteiger partial charge is 0.385 e. The third-order valence-corrected chi connectivity index (χ3v) is 11.9. The predicted molar refractivity (Wildman–Crippen MR) is 218 cm³/mol. The van der Waals surface area contributed by atoms with Crippen LogP contribution >= 0.6 is 11.6 Å². The van der Waals surface area contributed by atoms with Crippen LogP contribution in [-0.4, -0.2) is 86.7 Å². The second-order valence-corrected chi connectivity index (χ2v) is 16.0. The Morgan fingerprint density at radius 2 is 1.66 bits per heavy atom. The molecule has 1 unspecified atom stereocenters. The van der Waals surface area contributed by atoms with Gasteiger partial charge in [-0.2, -0.15) is 5.10 Å². The van der Waals surface area contributed by atoms with Crippen LogP contribution < -0.4 is 5.32 Å². The second kappa shape index (κ2) is 15.5. The van der Waals surface area contributed by atoms with Crippen molar-refractivity contribution < 1.29 is 14.7 Å². The first-order valence-electron chi connectivity index (χ1n) is 19.9. The minimum atomic E-state index is -0.896. The minimum absolute atomic E-state index is 0.183. The predicted octanol–water partition coefficient (Wildman–Crippen LogP) is 5.87. The number of aryl methyl sites for hydroxylation is 2. The summed E-state index contributed by atoms with van der Waals surface area (Å²) in [5.74, 6) is 0.543. The summed E-state index contributed by atoms with van der Waals surface area (Å²) in [5, 5.41) is 36.6. The molecule has 296 valence electrons. The number of hydrogen-bond acceptors (Lipinski definition) is 10. The Morgan fingerprint density at radius 3 is 2.43 bits per heavy atom. The van der Waals surface area contributed by atoms with Crippen molar-refractivity contribution in [1.82, 2.24) is 49.8 Å². The number of halogens is 1. The summed E-state index contributed by atoms with van der Waals surface area (Å²) in [4.78, 5) is 31.4. The van der Waals surface area contributed by atoms with Gasteiger partial charge in [0, 0.05) is 54.0 Å². The van der Waals surface area contributed by atoms with Gasteiger partial charge >= 0.3 is 0 Å². The lowest BCUT2D eigenvalue weighted by Crippen LogP contribution is -2.42. The van der Waals surface area contributed by atoms with E-state index in [1.165, 1.54) is 0 Å². The Hall–Kier alpha value is -5.83. The van der Waals surface area contributed by atoms with Gasteiger partial charge in [0.2, 0.25) is 11.8 Å². The van der Waals surface area contributed by atoms with Gasteiger partial charge in [0.05, 0.1) is 46.7 Å². The number of aromatic nitrogens is 8. The molecule has 15 heteroatoms. The standard InChI is InChI=1S/C43H44ClN11O3/c1-27-41-50-48-28(2)55(41)38-15-7-30(23-36(38)40(46-27)29-5-10-33(44)11-6-29)31-24-45-53(25-31)20-4-3-19-52-21-17-43(58,18-22-52)32-8-12-34(13-9-32)54-26-37(49-51-54)35-14-16-39(56)47-42(35)57/h5-13,15,23-27,35,58H,3-4,14,16-22H2,1-2H3,(H,47,56,57)/t27-,35?/m0/s1. The van der Waals surface area contributed by atoms with Crippen molar-refractivity contribution in [2.75, 3.05) is 19.6 Å². The molecule has 6 aromatic rings. The number of piperidine rings is 2. The van der Waals surface area contributed by atoms with E-state index >= 15 is 0 Å². The average Bonchev–Trinajstić information content (AvgIpc) is 3.99. The zero-order valence-electron chi connectivity index (χ0n) is 32.4. The first kappa shape index (κ1) is 37.7. The summed E-state index contributed by atoms with van der Waals surface area (Å²) in [6.45, 7) is 7.43. The number of nitrogens with zero attached hydrogens (tertiary/aromatic N) is 10. The van der Waals surface area contributed by atoms with E-state index in [9.17, 15) is 14.7 Å². The Morgan fingerprint density at radius 1 is 0.897 bits per heavy atom. The van der Waals surface area contributed by atoms with E-state index in [0.717, 1.165) is 95.6 Å². The van der Waals surface area contributed by atoms with Crippen LogP contribution in [0.2, 0.25) is 5.02 Å². The molecule has 2 saturated heterocycles. The average molecular weight is 798 g/mol. The lowest BCUT2D eigenvalue weighted by Gasteiger charge is -2.38. The summed E-state index contributed by atoms with van der Waals surface area (Å²) in [6.07, 6.45) is 9.80. The van der Waals surface area contributed by atoms with Gasteiger partial charge in [-0.15, -0.1) is 15.3 Å². The zero-order chi connectivity index (χ0) is 40.0. The van der Waals surface area contributed by atoms with Crippen molar-refractivity contribution in [3.8, 4) is 22.5 Å². The van der Waals surface area contributed by atoms with Gasteiger partial charge in [-0.05, 0) is 100 Å². The van der Waals surface area contributed by atoms with E-state index in [1.54, 1.807) is 10.9 Å². The molecular weight excluding hydrogens is 754 g/mol. The number of aliphatic imine (C=N–C) groups is 1. The van der Waals surface area contributed by atoms with E-state index in [4.69, 9.17) is 21.7 Å². The molecule has 3 aromatic carbocycles. The molecule has 3 aliphatic heterocycles. The molecule has 2 fully saturated rings. The smallest absolute Gasteiger partial charge is 0.235 e. The molecule has 0 radical (unpaired) electrons. The molecule has 9 rings (SSSR count). The van der Waals surface area contributed by atoms with Crippen LogP contribution in [-0.2, 0) is 21.7 Å². The van der Waals surface area contributed by atoms with Crippen molar-refractivity contribution in [1.29, 1.82) is 0 Å². The van der Waals surface area contributed by atoms with Crippen LogP contribution in [0.1, 0.15) is 91.4 Å². The molecule has 14 nitrogen and oxygen atoms in total. The Balaban J connectivity index is 0.792. The number of unbranched alkanes of at least 4 members (excludes halogenated alkanes) is 1. The maximum atomic E-state index is 12.3. The molecular formula is C43H44ClN11O3. The molecule has 0 saturated carbocycles. The number of imide groups is 1. The second-order valence-electron chi connectivity index (χ2n) is 15.5. The van der Waals surface area contributed by atoms with Crippen LogP contribution in [0.5, 0.6) is 0 Å². The highest BCUT2D eigenvalue weighted by molar-refractivity contribution is 6.30. The highest BCUT2D eigenvalue weighted by Gasteiger charge is 2.34. The zero-order valence-corrected chi connectivity index (χ0v) is 33.2. The lowest BCUT2D eigenvalue weighted by molar-refractivity contribution is -0.134. The number of carbonyl (C=O) groups is 2. The van der Waals surface area contributed by atoms with Crippen LogP contribution in [0.25, 0.3) is 22.5 Å². The van der Waals surface area contributed by atoms with Crippen molar-refractivity contribution in [3.63, 3.8) is 0 Å². The summed E-state index contributed by atoms with van der Waals surface area (Å²) in [7, 11) is 0. The molecule has 0 bridgehead atoms. The third kappa shape index (κ3) is 7.38. The normalized spacial score (nSPS) is 19.3. The van der Waals surface area contributed by atoms with Gasteiger partial charge in [0.1, 0.15) is 11.9 Å². The van der Waals surface area contributed by atoms with Crippen LogP contribution in [0.15, 0.2) is 90.3 Å². The number of aliphatic hydroxyl groups is 1. The third-order valence-electron chi connectivity index (χ3n) is 11.7. The molecule has 0 spiro atoms. The van der Waals surface area contributed by atoms with Gasteiger partial charge in [-0.1, -0.05) is 47.1 Å². The van der Waals surface area contributed by atoms with Gasteiger partial charge in [0.15, 0.2) is 5.82 Å². The summed E-state index contributed by atoms with van der Waals surface area (Å²) in [5.41, 5.74) is 7.27. The molecule has 3 aliphatic rings. The number of hydrogen-bond donors (Lipinski definition) is 2. The fourth-order valence-electron chi connectivity index (χ4n) is 8.35. The molecule has 3 aromatic heterocycles. The quantitative estimate of drug-likeness (QED) is 0.128. The van der Waals surface area contributed by atoms with Gasteiger partial charge in [-0.25, -0.2) is 4.68 Å². The number of benzene rings is 3. The first-order valence-corrected chi connectivity index (χ1v) is 20.2. The number of fused-ring (bicyclic) bond motifs is 3. The SMILES string of the molecule is Cc1nnc2n1-c1ccc(-c3cnn(CCCCN4CCC(O)(c5ccc(-n6cc(C7CCC(=O)NC7=O)nn6)cc5)CC4)c3)cc1C(c1ccc(Cl)cc1)=N[C@H]2C. The van der Waals surface area contributed by atoms with Gasteiger partial charge in [0.25, 0.3) is 0 Å². The molecule has 2 atom stereocenters. The maximum Gasteiger partial charge on any atom is 0.235 e. The number of amides is 2. The van der Waals surface area contributed by atoms with Crippen LogP contribution in [0.4, 0.5) is 0 Å². The van der Waals surface area contributed by atoms with Crippen molar-refractivity contribution in [2.24, 2.45) is 4.99 Å². The Bertz CT molecular complexity index is 2510. The lowest BCUT2D eigenvalue weighted by atomic mass is 9.84. The Labute approximate surface area is 340 Å². The van der Waals surface area contributed by atoms with Crippen molar-refractivity contribution >= 4 is 29.1 Å². The number of carbonyl (C=O) groups excluding carboxylic acids is 2. The topological polar surface area (TPSA) is 161 Å². The van der Waals surface area contributed by atoms with E-state index in [0.29, 0.717) is 30.0 Å². The van der Waals surface area contributed by atoms with Gasteiger partial charge < -0.3 is 10.0 Å². The summed E-state index contributed by atoms with van der Waals surface area (Å²) >= 11 is 6.25. The number of nitrogens with one attached hydrogen (secondary N) is 1. The number of likely N-dealkylation sites (tertiary alicyclic amines) is 1. The molecule has 2 amide bonds. The summed E-state index contributed by atoms with van der Waals surface area (Å²) < 4.78 is 5.75. The number of rotatable bonds is 10. The van der Waals surface area contributed by atoms with E-state index in [1.807, 2.05) is 73.3 Å². The van der Waals surface area contributed by atoms with Crippen molar-refractivity contribution in [2.45, 2.75) is 76.5 Å². The molecule has 0 aliphatic carbocycles. The first-order chi connectivity index (χ1) is 28.1. The fraction of sp³-hybridized carbons (Fsp3) is 0.349. The monoisotopic (exact) mass is 797 g/mol. The Kier molecular flexibility index (Phi) is 10.1. The maximum absolute atomic E-state index is 12.3. The van der Waals surface area contributed by atoms with E-state index < -0.39 is 11.5 Å². The highest BCUT2D eigenvalue weighted by atomic mass is 35.5. The minimum Gasteiger partial charge on any atom is -0.385 e. The summed E-state index contributed by atoms with van der Waals surface area (Å²) in [6, 6.07) is 21.8. The van der Waals surface area contributed by atoms with Crippen LogP contribution in [0, 0.1) is 6.92 Å². The molecule has 6 heterocycles. The van der Waals surface area contributed by atoms with Crippen LogP contribution in [0.3, 0.4) is 0 Å². The van der Waals surface area contributed by atoms with Crippen molar-refractivity contribution in [3.05, 3.63) is 124 Å². The van der Waals surface area contributed by atoms with E-state index in [-0.39, 0.29) is 24.3 Å². The highest BCUT2D eigenvalue weighted by Crippen LogP contribution is 2.35. The molecule has 2 N–H and O–H groups in total. The fourth-order valence-corrected chi connectivity index (χ4v) is 8.47. The van der Waals surface area contributed by atoms with E-state index in [2.05, 4.69) is 59.7 Å². The van der Waals surface area contributed by atoms with Gasteiger partial charge in [-0.3, -0.25) is 29.1 Å². The molecule has 58 heavy (non-hydrogen) atoms.